The molecule has 9 heteroatoms. The lowest BCUT2D eigenvalue weighted by Gasteiger charge is -2.31. The molecule has 3 heterocycles. The van der Waals surface area contributed by atoms with Gasteiger partial charge in [-0.25, -0.2) is 9.97 Å². The van der Waals surface area contributed by atoms with E-state index in [4.69, 9.17) is 0 Å². The number of hydrogen-bond acceptors (Lipinski definition) is 4. The summed E-state index contributed by atoms with van der Waals surface area (Å²) in [5.74, 6) is 0.667. The number of alkyl halides is 3. The molecular weight excluding hydrogens is 389 g/mol. The number of benzene rings is 1. The third-order valence-electron chi connectivity index (χ3n) is 4.79. The minimum Gasteiger partial charge on any atom is -0.342 e. The molecule has 1 saturated heterocycles. The molecule has 0 aliphatic carbocycles. The van der Waals surface area contributed by atoms with Gasteiger partial charge in [-0.3, -0.25) is 4.79 Å². The number of para-hydroxylation sites is 2. The Morgan fingerprint density at radius 1 is 1.14 bits per heavy atom. The molecule has 0 saturated carbocycles. The van der Waals surface area contributed by atoms with Crippen LogP contribution in [-0.2, 0) is 0 Å². The van der Waals surface area contributed by atoms with Gasteiger partial charge in [-0.05, 0) is 37.1 Å². The van der Waals surface area contributed by atoms with Crippen LogP contribution in [0.5, 0.6) is 0 Å². The number of amides is 1. The quantitative estimate of drug-likeness (QED) is 0.647. The molecule has 1 aromatic carbocycles. The van der Waals surface area contributed by atoms with Crippen LogP contribution in [-0.4, -0.2) is 44.4 Å². The molecule has 1 N–H and O–H groups in total. The number of halogens is 3. The van der Waals surface area contributed by atoms with Gasteiger partial charge in [0.25, 0.3) is 5.91 Å². The summed E-state index contributed by atoms with van der Waals surface area (Å²) in [5, 5.41) is -0.306. The SMILES string of the molecule is O=C(c1cccnc1SC(F)(F)F)N1CCC(c2nc3ccccc3[nH]2)CC1. The van der Waals surface area contributed by atoms with Gasteiger partial charge < -0.3 is 9.88 Å². The number of aromatic nitrogens is 3. The lowest BCUT2D eigenvalue weighted by molar-refractivity contribution is -0.0329. The molecule has 0 atom stereocenters. The molecule has 3 aromatic rings. The van der Waals surface area contributed by atoms with Crippen molar-refractivity contribution in [1.82, 2.24) is 19.9 Å². The number of nitrogens with zero attached hydrogens (tertiary/aromatic N) is 3. The standard InChI is InChI=1S/C19H17F3N4OS/c20-19(21,22)28-17-13(4-3-9-23-17)18(27)26-10-7-12(8-11-26)16-24-14-5-1-2-6-15(14)25-16/h1-6,9,12H,7-8,10-11H2,(H,24,25). The number of rotatable bonds is 3. The van der Waals surface area contributed by atoms with E-state index in [0.717, 1.165) is 16.9 Å². The normalized spacial score (nSPS) is 15.9. The van der Waals surface area contributed by atoms with E-state index in [1.165, 1.54) is 18.3 Å². The Morgan fingerprint density at radius 2 is 1.89 bits per heavy atom. The highest BCUT2D eigenvalue weighted by molar-refractivity contribution is 8.00. The average molecular weight is 406 g/mol. The smallest absolute Gasteiger partial charge is 0.342 e. The summed E-state index contributed by atoms with van der Waals surface area (Å²) in [4.78, 5) is 26.1. The van der Waals surface area contributed by atoms with Gasteiger partial charge in [-0.2, -0.15) is 13.2 Å². The van der Waals surface area contributed by atoms with Crippen molar-refractivity contribution < 1.29 is 18.0 Å². The third-order valence-corrected chi connectivity index (χ3v) is 5.54. The summed E-state index contributed by atoms with van der Waals surface area (Å²) >= 11 is -0.354. The third kappa shape index (κ3) is 3.99. The fourth-order valence-corrected chi connectivity index (χ4v) is 4.03. The highest BCUT2D eigenvalue weighted by Gasteiger charge is 2.34. The number of carbonyl (C=O) groups is 1. The highest BCUT2D eigenvalue weighted by atomic mass is 32.2. The van der Waals surface area contributed by atoms with E-state index < -0.39 is 11.4 Å². The van der Waals surface area contributed by atoms with Gasteiger partial charge in [-0.15, -0.1) is 0 Å². The van der Waals surface area contributed by atoms with Crippen molar-refractivity contribution in [2.24, 2.45) is 0 Å². The minimum absolute atomic E-state index is 0.00740. The first kappa shape index (κ1) is 18.8. The number of piperidine rings is 1. The first-order chi connectivity index (χ1) is 13.4. The maximum absolute atomic E-state index is 12.8. The summed E-state index contributed by atoms with van der Waals surface area (Å²) in [6.45, 7) is 0.928. The summed E-state index contributed by atoms with van der Waals surface area (Å²) in [5.41, 5.74) is -2.62. The molecule has 1 aliphatic rings. The molecule has 1 aliphatic heterocycles. The number of H-pyrrole nitrogens is 1. The zero-order valence-electron chi connectivity index (χ0n) is 14.7. The van der Waals surface area contributed by atoms with Crippen molar-refractivity contribution in [1.29, 1.82) is 0 Å². The number of aromatic amines is 1. The van der Waals surface area contributed by atoms with Gasteiger partial charge in [0.1, 0.15) is 10.9 Å². The van der Waals surface area contributed by atoms with Gasteiger partial charge in [0.05, 0.1) is 16.6 Å². The van der Waals surface area contributed by atoms with Crippen molar-refractivity contribution in [3.05, 3.63) is 54.0 Å². The fourth-order valence-electron chi connectivity index (χ4n) is 3.44. The number of likely N-dealkylation sites (tertiary alicyclic amines) is 1. The largest absolute Gasteiger partial charge is 0.447 e. The first-order valence-electron chi connectivity index (χ1n) is 8.85. The van der Waals surface area contributed by atoms with Crippen LogP contribution in [0, 0.1) is 0 Å². The summed E-state index contributed by atoms with van der Waals surface area (Å²) in [6.07, 6.45) is 2.67. The predicted octanol–water partition coefficient (Wildman–Crippen LogP) is 4.59. The molecule has 5 nitrogen and oxygen atoms in total. The lowest BCUT2D eigenvalue weighted by Crippen LogP contribution is -2.38. The maximum atomic E-state index is 12.8. The van der Waals surface area contributed by atoms with Crippen LogP contribution in [0.1, 0.15) is 34.9 Å². The van der Waals surface area contributed by atoms with Crippen LogP contribution in [0.2, 0.25) is 0 Å². The minimum atomic E-state index is -4.49. The van der Waals surface area contributed by atoms with E-state index in [9.17, 15) is 18.0 Å². The summed E-state index contributed by atoms with van der Waals surface area (Å²) in [6, 6.07) is 10.7. The number of hydrogen-bond donors (Lipinski definition) is 1. The Bertz CT molecular complexity index is 963. The second kappa shape index (κ2) is 7.46. The van der Waals surface area contributed by atoms with E-state index in [1.54, 1.807) is 4.90 Å². The van der Waals surface area contributed by atoms with Crippen molar-refractivity contribution in [2.75, 3.05) is 13.1 Å². The van der Waals surface area contributed by atoms with E-state index in [0.29, 0.717) is 25.9 Å². The van der Waals surface area contributed by atoms with Crippen molar-refractivity contribution in [2.45, 2.75) is 29.3 Å². The average Bonchev–Trinajstić information content (AvgIpc) is 3.11. The molecule has 146 valence electrons. The molecule has 4 rings (SSSR count). The number of carbonyl (C=O) groups excluding carboxylic acids is 1. The summed E-state index contributed by atoms with van der Waals surface area (Å²) in [7, 11) is 0. The van der Waals surface area contributed by atoms with Gasteiger partial charge in [0.15, 0.2) is 0 Å². The van der Waals surface area contributed by atoms with Crippen LogP contribution in [0.3, 0.4) is 0 Å². The molecule has 0 unspecified atom stereocenters. The second-order valence-corrected chi connectivity index (χ2v) is 7.66. The van der Waals surface area contributed by atoms with E-state index in [-0.39, 0.29) is 28.3 Å². The predicted molar refractivity (Wildman–Crippen MR) is 100 cm³/mol. The topological polar surface area (TPSA) is 61.9 Å². The molecule has 2 aromatic heterocycles. The van der Waals surface area contributed by atoms with Crippen molar-refractivity contribution in [3.63, 3.8) is 0 Å². The van der Waals surface area contributed by atoms with Gasteiger partial charge in [0.2, 0.25) is 0 Å². The van der Waals surface area contributed by atoms with Gasteiger partial charge >= 0.3 is 5.51 Å². The van der Waals surface area contributed by atoms with Crippen LogP contribution in [0.4, 0.5) is 13.2 Å². The molecule has 1 amide bonds. The molecule has 0 spiro atoms. The van der Waals surface area contributed by atoms with Crippen LogP contribution in [0.15, 0.2) is 47.6 Å². The molecule has 1 fully saturated rings. The summed E-state index contributed by atoms with van der Waals surface area (Å²) < 4.78 is 38.2. The second-order valence-electron chi connectivity index (χ2n) is 6.61. The Morgan fingerprint density at radius 3 is 2.61 bits per heavy atom. The first-order valence-corrected chi connectivity index (χ1v) is 9.67. The van der Waals surface area contributed by atoms with E-state index in [2.05, 4.69) is 15.0 Å². The number of thioether (sulfide) groups is 1. The van der Waals surface area contributed by atoms with E-state index >= 15 is 0 Å². The Balaban J connectivity index is 1.46. The number of imidazole rings is 1. The lowest BCUT2D eigenvalue weighted by atomic mass is 9.96. The Kier molecular flexibility index (Phi) is 5.01. The van der Waals surface area contributed by atoms with Crippen molar-refractivity contribution >= 4 is 28.7 Å². The zero-order chi connectivity index (χ0) is 19.7. The zero-order valence-corrected chi connectivity index (χ0v) is 15.6. The van der Waals surface area contributed by atoms with E-state index in [1.807, 2.05) is 24.3 Å². The van der Waals surface area contributed by atoms with Crippen molar-refractivity contribution in [3.8, 4) is 0 Å². The monoisotopic (exact) mass is 406 g/mol. The van der Waals surface area contributed by atoms with Crippen LogP contribution < -0.4 is 0 Å². The fraction of sp³-hybridized carbons (Fsp3) is 0.316. The van der Waals surface area contributed by atoms with Gasteiger partial charge in [-0.1, -0.05) is 12.1 Å². The molecular formula is C19H17F3N4OS. The number of pyridine rings is 1. The molecule has 0 bridgehead atoms. The Hall–Kier alpha value is -2.55. The Labute approximate surface area is 163 Å². The highest BCUT2D eigenvalue weighted by Crippen LogP contribution is 2.38. The van der Waals surface area contributed by atoms with Crippen LogP contribution in [0.25, 0.3) is 11.0 Å². The molecule has 28 heavy (non-hydrogen) atoms. The number of nitrogens with one attached hydrogen (secondary N) is 1. The van der Waals surface area contributed by atoms with Crippen LogP contribution >= 0.6 is 11.8 Å². The number of fused-ring (bicyclic) bond motifs is 1. The molecule has 0 radical (unpaired) electrons. The maximum Gasteiger partial charge on any atom is 0.447 e. The van der Waals surface area contributed by atoms with Gasteiger partial charge in [0, 0.05) is 37.0 Å².